The standard InChI is InChI=1S/C24H17F4N5O2/c1-13-5-10-16(12-17(13)21(34)31-18-4-2-3-11-29-18)30-22(35)20-19(14-6-8-15(25)9-7-14)32-23(33-20)24(26,27)28/h2-12H,1H3,(H,30,35)(H,32,33)(H,29,31,34). The molecule has 2 aromatic heterocycles. The monoisotopic (exact) mass is 483 g/mol. The summed E-state index contributed by atoms with van der Waals surface area (Å²) in [5.74, 6) is -3.07. The first-order valence-corrected chi connectivity index (χ1v) is 10.2. The highest BCUT2D eigenvalue weighted by Gasteiger charge is 2.37. The number of aromatic amines is 1. The molecule has 0 atom stereocenters. The molecule has 0 bridgehead atoms. The van der Waals surface area contributed by atoms with E-state index in [4.69, 9.17) is 0 Å². The molecular formula is C24H17F4N5O2. The molecule has 178 valence electrons. The SMILES string of the molecule is Cc1ccc(NC(=O)c2nc(C(F)(F)F)[nH]c2-c2ccc(F)cc2)cc1C(=O)Nc1ccccn1. The molecule has 4 rings (SSSR count). The van der Waals surface area contributed by atoms with Gasteiger partial charge in [0.25, 0.3) is 11.8 Å². The molecule has 0 saturated carbocycles. The second-order valence-corrected chi connectivity index (χ2v) is 7.47. The van der Waals surface area contributed by atoms with Crippen LogP contribution in [0.4, 0.5) is 29.1 Å². The van der Waals surface area contributed by atoms with Crippen molar-refractivity contribution in [3.8, 4) is 11.3 Å². The average Bonchev–Trinajstić information content (AvgIpc) is 3.28. The molecule has 35 heavy (non-hydrogen) atoms. The first-order valence-electron chi connectivity index (χ1n) is 10.2. The zero-order valence-corrected chi connectivity index (χ0v) is 18.1. The van der Waals surface area contributed by atoms with Gasteiger partial charge >= 0.3 is 6.18 Å². The second-order valence-electron chi connectivity index (χ2n) is 7.47. The van der Waals surface area contributed by atoms with Crippen LogP contribution in [-0.2, 0) is 6.18 Å². The van der Waals surface area contributed by atoms with Crippen LogP contribution in [0, 0.1) is 12.7 Å². The van der Waals surface area contributed by atoms with E-state index in [2.05, 4.69) is 25.6 Å². The van der Waals surface area contributed by atoms with Gasteiger partial charge in [0.1, 0.15) is 11.6 Å². The molecule has 0 unspecified atom stereocenters. The number of hydrogen-bond donors (Lipinski definition) is 3. The minimum Gasteiger partial charge on any atom is -0.334 e. The molecule has 0 fully saturated rings. The minimum absolute atomic E-state index is 0.138. The van der Waals surface area contributed by atoms with Crippen LogP contribution in [0.3, 0.4) is 0 Å². The summed E-state index contributed by atoms with van der Waals surface area (Å²) in [6, 6.07) is 14.0. The fourth-order valence-corrected chi connectivity index (χ4v) is 3.25. The van der Waals surface area contributed by atoms with Crippen LogP contribution >= 0.6 is 0 Å². The summed E-state index contributed by atoms with van der Waals surface area (Å²) in [6.45, 7) is 1.69. The lowest BCUT2D eigenvalue weighted by Gasteiger charge is -2.11. The van der Waals surface area contributed by atoms with Crippen LogP contribution in [0.15, 0.2) is 66.9 Å². The predicted octanol–water partition coefficient (Wildman–Crippen LogP) is 5.44. The van der Waals surface area contributed by atoms with Gasteiger partial charge in [-0.1, -0.05) is 12.1 Å². The number of aromatic nitrogens is 3. The Morgan fingerprint density at radius 3 is 2.34 bits per heavy atom. The van der Waals surface area contributed by atoms with Gasteiger partial charge in [0.15, 0.2) is 5.69 Å². The van der Waals surface area contributed by atoms with E-state index in [-0.39, 0.29) is 22.5 Å². The Morgan fingerprint density at radius 1 is 0.943 bits per heavy atom. The summed E-state index contributed by atoms with van der Waals surface area (Å²) in [6.07, 6.45) is -3.33. The van der Waals surface area contributed by atoms with Gasteiger partial charge in [-0.15, -0.1) is 0 Å². The lowest BCUT2D eigenvalue weighted by molar-refractivity contribution is -0.144. The summed E-state index contributed by atoms with van der Waals surface area (Å²) < 4.78 is 53.1. The average molecular weight is 483 g/mol. The van der Waals surface area contributed by atoms with E-state index in [9.17, 15) is 27.2 Å². The smallest absolute Gasteiger partial charge is 0.334 e. The molecule has 2 aromatic carbocycles. The lowest BCUT2D eigenvalue weighted by Crippen LogP contribution is -2.17. The lowest BCUT2D eigenvalue weighted by atomic mass is 10.1. The van der Waals surface area contributed by atoms with Gasteiger partial charge in [-0.3, -0.25) is 9.59 Å². The van der Waals surface area contributed by atoms with Crippen molar-refractivity contribution >= 4 is 23.3 Å². The van der Waals surface area contributed by atoms with E-state index < -0.39 is 35.3 Å². The number of imidazole rings is 1. The Kier molecular flexibility index (Phi) is 6.32. The fraction of sp³-hybridized carbons (Fsp3) is 0.0833. The minimum atomic E-state index is -4.84. The van der Waals surface area contributed by atoms with Crippen molar-refractivity contribution in [3.05, 3.63) is 95.3 Å². The van der Waals surface area contributed by atoms with Crippen molar-refractivity contribution in [2.75, 3.05) is 10.6 Å². The third-order valence-electron chi connectivity index (χ3n) is 4.97. The number of carbonyl (C=O) groups is 2. The van der Waals surface area contributed by atoms with E-state index in [1.165, 1.54) is 30.5 Å². The van der Waals surface area contributed by atoms with E-state index in [1.54, 1.807) is 31.2 Å². The van der Waals surface area contributed by atoms with Crippen molar-refractivity contribution in [3.63, 3.8) is 0 Å². The van der Waals surface area contributed by atoms with Crippen LogP contribution in [0.2, 0.25) is 0 Å². The molecule has 0 spiro atoms. The number of amides is 2. The van der Waals surface area contributed by atoms with E-state index in [1.807, 2.05) is 0 Å². The highest BCUT2D eigenvalue weighted by molar-refractivity contribution is 6.09. The molecular weight excluding hydrogens is 466 g/mol. The number of H-pyrrole nitrogens is 1. The van der Waals surface area contributed by atoms with Gasteiger partial charge < -0.3 is 15.6 Å². The molecule has 0 aliphatic carbocycles. The van der Waals surface area contributed by atoms with Crippen molar-refractivity contribution in [1.82, 2.24) is 15.0 Å². The largest absolute Gasteiger partial charge is 0.449 e. The number of rotatable bonds is 5. The third-order valence-corrected chi connectivity index (χ3v) is 4.97. The predicted molar refractivity (Wildman–Crippen MR) is 120 cm³/mol. The normalized spacial score (nSPS) is 11.2. The molecule has 3 N–H and O–H groups in total. The highest BCUT2D eigenvalue weighted by Crippen LogP contribution is 2.31. The first kappa shape index (κ1) is 23.6. The molecule has 4 aromatic rings. The zero-order valence-electron chi connectivity index (χ0n) is 18.1. The number of anilines is 2. The van der Waals surface area contributed by atoms with Crippen molar-refractivity contribution in [2.45, 2.75) is 13.1 Å². The van der Waals surface area contributed by atoms with Crippen molar-refractivity contribution in [2.24, 2.45) is 0 Å². The maximum atomic E-state index is 13.3. The van der Waals surface area contributed by atoms with Gasteiger partial charge in [0, 0.05) is 23.0 Å². The summed E-state index contributed by atoms with van der Waals surface area (Å²) in [5.41, 5.74) is 0.360. The Morgan fingerprint density at radius 2 is 1.69 bits per heavy atom. The number of benzene rings is 2. The van der Waals surface area contributed by atoms with E-state index >= 15 is 0 Å². The number of aryl methyl sites for hydroxylation is 1. The Balaban J connectivity index is 1.63. The molecule has 0 radical (unpaired) electrons. The molecule has 7 nitrogen and oxygen atoms in total. The number of nitrogens with one attached hydrogen (secondary N) is 3. The molecule has 11 heteroatoms. The van der Waals surface area contributed by atoms with Crippen LogP contribution in [0.5, 0.6) is 0 Å². The first-order chi connectivity index (χ1) is 16.6. The van der Waals surface area contributed by atoms with E-state index in [0.29, 0.717) is 11.4 Å². The highest BCUT2D eigenvalue weighted by atomic mass is 19.4. The van der Waals surface area contributed by atoms with Gasteiger partial charge in [-0.2, -0.15) is 13.2 Å². The number of halogens is 4. The molecule has 2 amide bonds. The summed E-state index contributed by atoms with van der Waals surface area (Å²) in [5, 5.41) is 5.10. The van der Waals surface area contributed by atoms with Gasteiger partial charge in [-0.05, 0) is 61.0 Å². The Hall–Kier alpha value is -4.54. The number of nitrogens with zero attached hydrogens (tertiary/aromatic N) is 2. The topological polar surface area (TPSA) is 99.8 Å². The van der Waals surface area contributed by atoms with Crippen LogP contribution in [-0.4, -0.2) is 26.8 Å². The summed E-state index contributed by atoms with van der Waals surface area (Å²) in [4.78, 5) is 35.2. The maximum absolute atomic E-state index is 13.3. The molecule has 2 heterocycles. The van der Waals surface area contributed by atoms with Crippen LogP contribution < -0.4 is 10.6 Å². The van der Waals surface area contributed by atoms with Gasteiger partial charge in [0.05, 0.1) is 5.69 Å². The Labute approximate surface area is 196 Å². The fourth-order valence-electron chi connectivity index (χ4n) is 3.25. The van der Waals surface area contributed by atoms with Gasteiger partial charge in [-0.25, -0.2) is 14.4 Å². The van der Waals surface area contributed by atoms with Gasteiger partial charge in [0.2, 0.25) is 5.82 Å². The number of pyridine rings is 1. The molecule has 0 aliphatic heterocycles. The number of hydrogen-bond acceptors (Lipinski definition) is 4. The second kappa shape index (κ2) is 9.37. The maximum Gasteiger partial charge on any atom is 0.449 e. The van der Waals surface area contributed by atoms with Crippen LogP contribution in [0.1, 0.15) is 32.2 Å². The number of alkyl halides is 3. The Bertz CT molecular complexity index is 1380. The zero-order chi connectivity index (χ0) is 25.2. The van der Waals surface area contributed by atoms with Crippen molar-refractivity contribution < 1.29 is 27.2 Å². The van der Waals surface area contributed by atoms with E-state index in [0.717, 1.165) is 12.1 Å². The van der Waals surface area contributed by atoms with Crippen LogP contribution in [0.25, 0.3) is 11.3 Å². The summed E-state index contributed by atoms with van der Waals surface area (Å²) >= 11 is 0. The van der Waals surface area contributed by atoms with Crippen molar-refractivity contribution in [1.29, 1.82) is 0 Å². The third kappa shape index (κ3) is 5.35. The number of carbonyl (C=O) groups excluding carboxylic acids is 2. The molecule has 0 saturated heterocycles. The quantitative estimate of drug-likeness (QED) is 0.329. The summed E-state index contributed by atoms with van der Waals surface area (Å²) in [7, 11) is 0. The molecule has 0 aliphatic rings.